The van der Waals surface area contributed by atoms with Crippen molar-refractivity contribution >= 4 is 5.91 Å². The van der Waals surface area contributed by atoms with Crippen LogP contribution in [-0.2, 0) is 17.8 Å². The Morgan fingerprint density at radius 1 is 1.10 bits per heavy atom. The van der Waals surface area contributed by atoms with Gasteiger partial charge in [-0.05, 0) is 38.1 Å². The molecule has 29 heavy (non-hydrogen) atoms. The minimum Gasteiger partial charge on any atom is -0.492 e. The van der Waals surface area contributed by atoms with Gasteiger partial charge in [-0.25, -0.2) is 0 Å². The van der Waals surface area contributed by atoms with Crippen LogP contribution in [0.2, 0.25) is 0 Å². The van der Waals surface area contributed by atoms with Gasteiger partial charge in [0.1, 0.15) is 18.1 Å². The van der Waals surface area contributed by atoms with Crippen LogP contribution in [0.5, 0.6) is 11.5 Å². The zero-order valence-corrected chi connectivity index (χ0v) is 16.7. The molecule has 2 aromatic carbocycles. The van der Waals surface area contributed by atoms with Crippen LogP contribution in [0.4, 0.5) is 0 Å². The monoisotopic (exact) mass is 391 g/mol. The second-order valence-electron chi connectivity index (χ2n) is 7.38. The highest BCUT2D eigenvalue weighted by atomic mass is 16.5. The molecule has 1 aromatic heterocycles. The Kier molecular flexibility index (Phi) is 5.51. The maximum absolute atomic E-state index is 12.7. The summed E-state index contributed by atoms with van der Waals surface area (Å²) in [4.78, 5) is 14.5. The third kappa shape index (κ3) is 4.42. The number of ether oxygens (including phenoxy) is 2. The number of carbonyl (C=O) groups excluding carboxylic acids is 1. The largest absolute Gasteiger partial charge is 0.492 e. The molecule has 6 heteroatoms. The average molecular weight is 391 g/mol. The molecule has 0 saturated carbocycles. The molecule has 0 fully saturated rings. The lowest BCUT2D eigenvalue weighted by Crippen LogP contribution is -2.38. The number of fused-ring (bicyclic) bond motifs is 1. The van der Waals surface area contributed by atoms with Gasteiger partial charge in [-0.15, -0.1) is 0 Å². The van der Waals surface area contributed by atoms with Gasteiger partial charge in [0.25, 0.3) is 0 Å². The van der Waals surface area contributed by atoms with Crippen molar-refractivity contribution in [2.24, 2.45) is 0 Å². The fraction of sp³-hybridized carbons (Fsp3) is 0.304. The van der Waals surface area contributed by atoms with Crippen LogP contribution in [0.1, 0.15) is 25.1 Å². The first kappa shape index (κ1) is 19.1. The van der Waals surface area contributed by atoms with Gasteiger partial charge < -0.3 is 14.4 Å². The Labute approximate surface area is 170 Å². The molecule has 0 spiro atoms. The summed E-state index contributed by atoms with van der Waals surface area (Å²) in [6, 6.07) is 17.5. The topological polar surface area (TPSA) is 67.5 Å². The van der Waals surface area contributed by atoms with E-state index in [4.69, 9.17) is 9.47 Å². The number of para-hydroxylation sites is 1. The first-order chi connectivity index (χ1) is 14.1. The summed E-state index contributed by atoms with van der Waals surface area (Å²) < 4.78 is 11.5. The number of hydrogen-bond acceptors (Lipinski definition) is 4. The van der Waals surface area contributed by atoms with Crippen molar-refractivity contribution in [3.05, 3.63) is 65.9 Å². The van der Waals surface area contributed by atoms with Crippen LogP contribution in [0, 0.1) is 0 Å². The highest BCUT2D eigenvalue weighted by Gasteiger charge is 2.28. The van der Waals surface area contributed by atoms with Crippen LogP contribution in [-0.4, -0.2) is 40.3 Å². The molecule has 1 amide bonds. The highest BCUT2D eigenvalue weighted by Crippen LogP contribution is 2.30. The van der Waals surface area contributed by atoms with Gasteiger partial charge in [-0.3, -0.25) is 9.89 Å². The Morgan fingerprint density at radius 2 is 1.90 bits per heavy atom. The number of nitrogens with zero attached hydrogens (tertiary/aromatic N) is 2. The molecule has 0 atom stereocenters. The van der Waals surface area contributed by atoms with Crippen molar-refractivity contribution < 1.29 is 14.3 Å². The lowest BCUT2D eigenvalue weighted by atomic mass is 9.99. The molecule has 0 saturated heterocycles. The zero-order valence-electron chi connectivity index (χ0n) is 16.7. The lowest BCUT2D eigenvalue weighted by Gasteiger charge is -2.26. The van der Waals surface area contributed by atoms with Crippen molar-refractivity contribution in [2.75, 3.05) is 13.2 Å². The normalized spacial score (nSPS) is 13.5. The van der Waals surface area contributed by atoms with Crippen molar-refractivity contribution in [1.29, 1.82) is 0 Å². The number of carbonyl (C=O) groups is 1. The van der Waals surface area contributed by atoms with E-state index in [1.165, 1.54) is 0 Å². The van der Waals surface area contributed by atoms with Gasteiger partial charge in [-0.1, -0.05) is 30.3 Å². The minimum absolute atomic E-state index is 0.0893. The molecule has 0 aliphatic carbocycles. The molecule has 1 aliphatic heterocycles. The van der Waals surface area contributed by atoms with E-state index in [0.29, 0.717) is 26.1 Å². The minimum atomic E-state index is 0.0893. The molecule has 1 N–H and O–H groups in total. The van der Waals surface area contributed by atoms with Gasteiger partial charge in [0, 0.05) is 11.1 Å². The predicted octanol–water partition coefficient (Wildman–Crippen LogP) is 3.83. The Morgan fingerprint density at radius 3 is 2.69 bits per heavy atom. The number of benzene rings is 2. The van der Waals surface area contributed by atoms with Gasteiger partial charge in [0.15, 0.2) is 0 Å². The standard InChI is InChI=1S/C23H25N3O3/c1-16(2)29-19-10-6-7-17(13-19)23-20-14-22(27)26(15-21(20)24-25-23)11-12-28-18-8-4-3-5-9-18/h3-10,13,16H,11-12,14-15H2,1-2H3,(H,24,25). The van der Waals surface area contributed by atoms with Crippen LogP contribution in [0.3, 0.4) is 0 Å². The van der Waals surface area contributed by atoms with Gasteiger partial charge in [0.05, 0.1) is 37.0 Å². The number of rotatable bonds is 7. The molecule has 0 unspecified atom stereocenters. The second kappa shape index (κ2) is 8.39. The highest BCUT2D eigenvalue weighted by molar-refractivity contribution is 5.83. The summed E-state index contributed by atoms with van der Waals surface area (Å²) in [6.07, 6.45) is 0.438. The summed E-state index contributed by atoms with van der Waals surface area (Å²) in [5.74, 6) is 1.70. The molecule has 1 aliphatic rings. The summed E-state index contributed by atoms with van der Waals surface area (Å²) in [7, 11) is 0. The Balaban J connectivity index is 1.45. The van der Waals surface area contributed by atoms with E-state index in [9.17, 15) is 4.79 Å². The third-order valence-electron chi connectivity index (χ3n) is 4.83. The van der Waals surface area contributed by atoms with Crippen LogP contribution in [0.15, 0.2) is 54.6 Å². The summed E-state index contributed by atoms with van der Waals surface area (Å²) in [6.45, 7) is 5.51. The number of hydrogen-bond donors (Lipinski definition) is 1. The smallest absolute Gasteiger partial charge is 0.227 e. The molecule has 0 bridgehead atoms. The number of amides is 1. The molecular formula is C23H25N3O3. The molecular weight excluding hydrogens is 366 g/mol. The molecule has 150 valence electrons. The molecule has 2 heterocycles. The number of H-pyrrole nitrogens is 1. The van der Waals surface area contributed by atoms with Crippen LogP contribution < -0.4 is 9.47 Å². The van der Waals surface area contributed by atoms with Crippen molar-refractivity contribution in [3.8, 4) is 22.8 Å². The van der Waals surface area contributed by atoms with Crippen LogP contribution in [0.25, 0.3) is 11.3 Å². The van der Waals surface area contributed by atoms with E-state index in [1.54, 1.807) is 0 Å². The van der Waals surface area contributed by atoms with Crippen molar-refractivity contribution in [2.45, 2.75) is 32.9 Å². The summed E-state index contributed by atoms with van der Waals surface area (Å²) >= 11 is 0. The van der Waals surface area contributed by atoms with Gasteiger partial charge in [-0.2, -0.15) is 5.10 Å². The number of nitrogens with one attached hydrogen (secondary N) is 1. The molecule has 0 radical (unpaired) electrons. The van der Waals surface area contributed by atoms with Gasteiger partial charge in [0.2, 0.25) is 5.91 Å². The van der Waals surface area contributed by atoms with E-state index in [1.807, 2.05) is 73.3 Å². The fourth-order valence-electron chi connectivity index (χ4n) is 3.49. The average Bonchev–Trinajstić information content (AvgIpc) is 3.11. The molecule has 3 aromatic rings. The summed E-state index contributed by atoms with van der Waals surface area (Å²) in [5.41, 5.74) is 3.73. The first-order valence-electron chi connectivity index (χ1n) is 9.89. The SMILES string of the molecule is CC(C)Oc1cccc(-c2n[nH]c3c2CC(=O)N(CCOc2ccccc2)C3)c1. The first-order valence-corrected chi connectivity index (χ1v) is 9.89. The van der Waals surface area contributed by atoms with E-state index < -0.39 is 0 Å². The van der Waals surface area contributed by atoms with Crippen molar-refractivity contribution in [3.63, 3.8) is 0 Å². The zero-order chi connectivity index (χ0) is 20.2. The molecule has 6 nitrogen and oxygen atoms in total. The summed E-state index contributed by atoms with van der Waals surface area (Å²) in [5, 5.41) is 7.61. The van der Waals surface area contributed by atoms with E-state index >= 15 is 0 Å². The lowest BCUT2D eigenvalue weighted by molar-refractivity contribution is -0.132. The van der Waals surface area contributed by atoms with E-state index in [0.717, 1.165) is 34.0 Å². The van der Waals surface area contributed by atoms with Crippen molar-refractivity contribution in [1.82, 2.24) is 15.1 Å². The third-order valence-corrected chi connectivity index (χ3v) is 4.83. The number of aromatic amines is 1. The van der Waals surface area contributed by atoms with E-state index in [-0.39, 0.29) is 12.0 Å². The second-order valence-corrected chi connectivity index (χ2v) is 7.38. The molecule has 4 rings (SSSR count). The fourth-order valence-corrected chi connectivity index (χ4v) is 3.49. The predicted molar refractivity (Wildman–Crippen MR) is 111 cm³/mol. The number of aromatic nitrogens is 2. The maximum Gasteiger partial charge on any atom is 0.227 e. The maximum atomic E-state index is 12.7. The quantitative estimate of drug-likeness (QED) is 0.665. The van der Waals surface area contributed by atoms with E-state index in [2.05, 4.69) is 10.2 Å². The van der Waals surface area contributed by atoms with Crippen LogP contribution >= 0.6 is 0 Å². The Bertz CT molecular complexity index is 982. The Hall–Kier alpha value is -3.28. The van der Waals surface area contributed by atoms with Gasteiger partial charge >= 0.3 is 0 Å².